The molecule has 0 amide bonds. The molecule has 140 valence electrons. The van der Waals surface area contributed by atoms with E-state index in [2.05, 4.69) is 0 Å². The van der Waals surface area contributed by atoms with Gasteiger partial charge in [-0.1, -0.05) is 30.3 Å². The topological polar surface area (TPSA) is 91.8 Å². The minimum atomic E-state index is -4.14. The van der Waals surface area contributed by atoms with Crippen LogP contribution >= 0.6 is 0 Å². The summed E-state index contributed by atoms with van der Waals surface area (Å²) in [6.07, 6.45) is -1.32. The quantitative estimate of drug-likeness (QED) is 0.815. The van der Waals surface area contributed by atoms with E-state index >= 15 is 0 Å². The maximum absolute atomic E-state index is 13.2. The molecule has 26 heavy (non-hydrogen) atoms. The number of nitrogens with zero attached hydrogens (tertiary/aromatic N) is 1. The van der Waals surface area contributed by atoms with Crippen molar-refractivity contribution in [1.29, 1.82) is 0 Å². The number of benzene rings is 2. The second-order valence-electron chi connectivity index (χ2n) is 6.20. The fourth-order valence-electron chi connectivity index (χ4n) is 2.97. The average Bonchev–Trinajstić information content (AvgIpc) is 2.86. The molecular formula is C17H18FNO5S2. The Morgan fingerprint density at radius 2 is 1.65 bits per heavy atom. The van der Waals surface area contributed by atoms with Crippen LogP contribution in [0.25, 0.3) is 0 Å². The number of sulfone groups is 1. The van der Waals surface area contributed by atoms with Crippen LogP contribution in [-0.2, 0) is 26.4 Å². The van der Waals surface area contributed by atoms with E-state index in [-0.39, 0.29) is 11.4 Å². The van der Waals surface area contributed by atoms with Gasteiger partial charge in [-0.15, -0.1) is 0 Å². The lowest BCUT2D eigenvalue weighted by atomic mass is 10.2. The molecule has 1 N–H and O–H groups in total. The Kier molecular flexibility index (Phi) is 5.16. The molecular weight excluding hydrogens is 381 g/mol. The standard InChI is InChI=1S/C17H18FNO5S2/c18-14-6-8-15(9-7-14)26(23,24)19(10-13-4-2-1-3-5-13)16-11-25(21,22)12-17(16)20/h1-9,16-17,20H,10-12H2/t16-,17-/m1/s1. The fraction of sp³-hybridized carbons (Fsp3) is 0.294. The summed E-state index contributed by atoms with van der Waals surface area (Å²) in [6.45, 7) is -0.0994. The van der Waals surface area contributed by atoms with Crippen molar-refractivity contribution in [2.75, 3.05) is 11.5 Å². The van der Waals surface area contributed by atoms with E-state index in [4.69, 9.17) is 0 Å². The molecule has 1 fully saturated rings. The first-order valence-electron chi connectivity index (χ1n) is 7.89. The summed E-state index contributed by atoms with van der Waals surface area (Å²) in [6, 6.07) is 11.9. The van der Waals surface area contributed by atoms with Gasteiger partial charge in [-0.3, -0.25) is 0 Å². The summed E-state index contributed by atoms with van der Waals surface area (Å²) in [7, 11) is -7.69. The number of aliphatic hydroxyl groups is 1. The van der Waals surface area contributed by atoms with Crippen molar-refractivity contribution >= 4 is 19.9 Å². The highest BCUT2D eigenvalue weighted by molar-refractivity contribution is 7.92. The van der Waals surface area contributed by atoms with Crippen LogP contribution in [-0.4, -0.2) is 49.9 Å². The Balaban J connectivity index is 2.04. The van der Waals surface area contributed by atoms with Gasteiger partial charge in [-0.2, -0.15) is 4.31 Å². The predicted molar refractivity (Wildman–Crippen MR) is 94.0 cm³/mol. The van der Waals surface area contributed by atoms with E-state index in [9.17, 15) is 26.3 Å². The van der Waals surface area contributed by atoms with E-state index in [1.165, 1.54) is 0 Å². The van der Waals surface area contributed by atoms with Gasteiger partial charge in [0.15, 0.2) is 9.84 Å². The lowest BCUT2D eigenvalue weighted by Crippen LogP contribution is -2.46. The van der Waals surface area contributed by atoms with Crippen molar-refractivity contribution in [3.8, 4) is 0 Å². The second-order valence-corrected chi connectivity index (χ2v) is 10.2. The van der Waals surface area contributed by atoms with Crippen LogP contribution in [0.1, 0.15) is 5.56 Å². The highest BCUT2D eigenvalue weighted by Crippen LogP contribution is 2.27. The van der Waals surface area contributed by atoms with Crippen LogP contribution in [0.5, 0.6) is 0 Å². The molecule has 0 bridgehead atoms. The third kappa shape index (κ3) is 3.96. The largest absolute Gasteiger partial charge is 0.390 e. The molecule has 0 aliphatic carbocycles. The average molecular weight is 399 g/mol. The smallest absolute Gasteiger partial charge is 0.243 e. The van der Waals surface area contributed by atoms with Gasteiger partial charge in [0, 0.05) is 6.54 Å². The van der Waals surface area contributed by atoms with E-state index < -0.39 is 49.3 Å². The molecule has 0 saturated carbocycles. The third-order valence-corrected chi connectivity index (χ3v) is 7.85. The van der Waals surface area contributed by atoms with E-state index in [0.717, 1.165) is 28.6 Å². The minimum absolute atomic E-state index is 0.0994. The van der Waals surface area contributed by atoms with Gasteiger partial charge in [0.1, 0.15) is 5.82 Å². The Morgan fingerprint density at radius 3 is 2.19 bits per heavy atom. The number of hydrogen-bond donors (Lipinski definition) is 1. The van der Waals surface area contributed by atoms with Crippen LogP contribution < -0.4 is 0 Å². The first kappa shape index (κ1) is 19.0. The molecule has 0 spiro atoms. The van der Waals surface area contributed by atoms with Crippen LogP contribution in [0.2, 0.25) is 0 Å². The predicted octanol–water partition coefficient (Wildman–Crippen LogP) is 1.17. The number of hydrogen-bond acceptors (Lipinski definition) is 5. The molecule has 3 rings (SSSR count). The number of halogens is 1. The first-order chi connectivity index (χ1) is 12.2. The summed E-state index contributed by atoms with van der Waals surface area (Å²) in [5.41, 5.74) is 0.648. The zero-order valence-corrected chi connectivity index (χ0v) is 15.3. The molecule has 2 aromatic carbocycles. The molecule has 1 aliphatic rings. The SMILES string of the molecule is O=S1(=O)C[C@@H](O)[C@H](N(Cc2ccccc2)S(=O)(=O)c2ccc(F)cc2)C1. The monoisotopic (exact) mass is 399 g/mol. The number of rotatable bonds is 5. The molecule has 0 aromatic heterocycles. The van der Waals surface area contributed by atoms with Crippen LogP contribution in [0.4, 0.5) is 4.39 Å². The lowest BCUT2D eigenvalue weighted by Gasteiger charge is -2.29. The molecule has 1 aliphatic heterocycles. The van der Waals surface area contributed by atoms with Crippen molar-refractivity contribution in [2.24, 2.45) is 0 Å². The maximum Gasteiger partial charge on any atom is 0.243 e. The molecule has 2 atom stereocenters. The van der Waals surface area contributed by atoms with Gasteiger partial charge in [-0.05, 0) is 29.8 Å². The van der Waals surface area contributed by atoms with Crippen molar-refractivity contribution in [2.45, 2.75) is 23.6 Å². The summed E-state index contributed by atoms with van der Waals surface area (Å²) in [5.74, 6) is -1.52. The normalized spacial score (nSPS) is 22.6. The van der Waals surface area contributed by atoms with Gasteiger partial charge in [-0.25, -0.2) is 21.2 Å². The molecule has 9 heteroatoms. The second kappa shape index (κ2) is 7.07. The fourth-order valence-corrected chi connectivity index (χ4v) is 6.51. The lowest BCUT2D eigenvalue weighted by molar-refractivity contribution is 0.125. The number of aliphatic hydroxyl groups excluding tert-OH is 1. The van der Waals surface area contributed by atoms with E-state index in [1.807, 2.05) is 0 Å². The minimum Gasteiger partial charge on any atom is -0.390 e. The van der Waals surface area contributed by atoms with Crippen LogP contribution in [0.3, 0.4) is 0 Å². The summed E-state index contributed by atoms with van der Waals surface area (Å²) < 4.78 is 64.1. The summed E-state index contributed by atoms with van der Waals surface area (Å²) >= 11 is 0. The molecule has 0 radical (unpaired) electrons. The zero-order chi connectivity index (χ0) is 18.9. The van der Waals surface area contributed by atoms with Gasteiger partial charge in [0.25, 0.3) is 0 Å². The molecule has 1 saturated heterocycles. The summed E-state index contributed by atoms with van der Waals surface area (Å²) in [5, 5.41) is 10.2. The Labute approximate surface area is 151 Å². The van der Waals surface area contributed by atoms with Crippen molar-refractivity contribution < 1.29 is 26.3 Å². The van der Waals surface area contributed by atoms with Crippen molar-refractivity contribution in [3.63, 3.8) is 0 Å². The molecule has 0 unspecified atom stereocenters. The molecule has 1 heterocycles. The Morgan fingerprint density at radius 1 is 1.04 bits per heavy atom. The summed E-state index contributed by atoms with van der Waals surface area (Å²) in [4.78, 5) is -0.161. The van der Waals surface area contributed by atoms with Crippen molar-refractivity contribution in [3.05, 3.63) is 66.0 Å². The van der Waals surface area contributed by atoms with Gasteiger partial charge in [0.2, 0.25) is 10.0 Å². The van der Waals surface area contributed by atoms with E-state index in [1.54, 1.807) is 30.3 Å². The first-order valence-corrected chi connectivity index (χ1v) is 11.1. The Hall–Kier alpha value is -1.81. The molecule has 6 nitrogen and oxygen atoms in total. The van der Waals surface area contributed by atoms with Crippen LogP contribution in [0, 0.1) is 5.82 Å². The third-order valence-electron chi connectivity index (χ3n) is 4.26. The van der Waals surface area contributed by atoms with E-state index in [0.29, 0.717) is 5.56 Å². The van der Waals surface area contributed by atoms with Gasteiger partial charge < -0.3 is 5.11 Å². The highest BCUT2D eigenvalue weighted by Gasteiger charge is 2.44. The van der Waals surface area contributed by atoms with Crippen LogP contribution in [0.15, 0.2) is 59.5 Å². The van der Waals surface area contributed by atoms with Gasteiger partial charge in [0.05, 0.1) is 28.5 Å². The van der Waals surface area contributed by atoms with Gasteiger partial charge >= 0.3 is 0 Å². The molecule has 2 aromatic rings. The zero-order valence-electron chi connectivity index (χ0n) is 13.7. The Bertz CT molecular complexity index is 976. The maximum atomic E-state index is 13.2. The van der Waals surface area contributed by atoms with Crippen molar-refractivity contribution in [1.82, 2.24) is 4.31 Å². The highest BCUT2D eigenvalue weighted by atomic mass is 32.2. The number of sulfonamides is 1.